The van der Waals surface area contributed by atoms with E-state index in [9.17, 15) is 9.90 Å². The lowest BCUT2D eigenvalue weighted by Gasteiger charge is -2.34. The Bertz CT molecular complexity index is 769. The highest BCUT2D eigenvalue weighted by atomic mass is 32.2. The van der Waals surface area contributed by atoms with Gasteiger partial charge in [-0.3, -0.25) is 4.79 Å². The van der Waals surface area contributed by atoms with Crippen molar-refractivity contribution in [2.45, 2.75) is 55.3 Å². The van der Waals surface area contributed by atoms with Crippen LogP contribution in [0.25, 0.3) is 0 Å². The van der Waals surface area contributed by atoms with Crippen molar-refractivity contribution in [2.24, 2.45) is 5.41 Å². The van der Waals surface area contributed by atoms with Crippen molar-refractivity contribution in [1.82, 2.24) is 4.90 Å². The first kappa shape index (κ1) is 17.7. The van der Waals surface area contributed by atoms with Crippen LogP contribution in [0.5, 0.6) is 0 Å². The minimum atomic E-state index is -0.128. The normalized spacial score (nSPS) is 27.2. The van der Waals surface area contributed by atoms with Gasteiger partial charge in [-0.2, -0.15) is 0 Å². The number of aliphatic hydroxyl groups excluding tert-OH is 1. The van der Waals surface area contributed by atoms with Gasteiger partial charge in [0.1, 0.15) is 5.76 Å². The lowest BCUT2D eigenvalue weighted by atomic mass is 9.72. The summed E-state index contributed by atoms with van der Waals surface area (Å²) in [5.41, 5.74) is -0.128. The standard InChI is InChI=1S/C21H25NO3S/c1-2-21(14-23)12-15-8-11-19(21)22(15)20(24)18-10-9-16(25-18)13-26-17-6-4-3-5-7-17/h3-7,9-10,15,19,23H,2,8,11-14H2,1H3/t15-,19+,21-/m0/s1. The molecule has 0 radical (unpaired) electrons. The third-order valence-electron chi connectivity index (χ3n) is 6.10. The lowest BCUT2D eigenvalue weighted by molar-refractivity contribution is 0.0533. The van der Waals surface area contributed by atoms with E-state index in [0.717, 1.165) is 31.4 Å². The highest BCUT2D eigenvalue weighted by molar-refractivity contribution is 7.98. The number of hydrogen-bond donors (Lipinski definition) is 1. The molecule has 2 saturated heterocycles. The molecule has 1 aromatic carbocycles. The zero-order valence-electron chi connectivity index (χ0n) is 15.1. The Labute approximate surface area is 158 Å². The van der Waals surface area contributed by atoms with Crippen LogP contribution in [0.1, 0.15) is 48.9 Å². The van der Waals surface area contributed by atoms with Crippen LogP contribution in [0.15, 0.2) is 51.8 Å². The van der Waals surface area contributed by atoms with Crippen LogP contribution in [-0.2, 0) is 5.75 Å². The van der Waals surface area contributed by atoms with E-state index in [4.69, 9.17) is 4.42 Å². The summed E-state index contributed by atoms with van der Waals surface area (Å²) >= 11 is 1.70. The van der Waals surface area contributed by atoms with Crippen LogP contribution in [-0.4, -0.2) is 34.6 Å². The quantitative estimate of drug-likeness (QED) is 0.768. The maximum absolute atomic E-state index is 13.1. The summed E-state index contributed by atoms with van der Waals surface area (Å²) in [4.78, 5) is 16.2. The number of hydrogen-bond acceptors (Lipinski definition) is 4. The molecule has 2 aliphatic rings. The third-order valence-corrected chi connectivity index (χ3v) is 7.14. The van der Waals surface area contributed by atoms with Crippen LogP contribution >= 0.6 is 11.8 Å². The van der Waals surface area contributed by atoms with Gasteiger partial charge in [0, 0.05) is 22.4 Å². The number of carbonyl (C=O) groups excluding carboxylic acids is 1. The molecule has 1 N–H and O–H groups in total. The fraction of sp³-hybridized carbons (Fsp3) is 0.476. The SMILES string of the molecule is CC[C@@]1(CO)C[C@@H]2CC[C@H]1N2C(=O)c1ccc(CSc2ccccc2)o1. The number of amides is 1. The maximum Gasteiger partial charge on any atom is 0.290 e. The van der Waals surface area contributed by atoms with Crippen LogP contribution in [0.4, 0.5) is 0 Å². The molecule has 2 fully saturated rings. The Morgan fingerprint density at radius 1 is 1.27 bits per heavy atom. The first-order valence-corrected chi connectivity index (χ1v) is 10.4. The van der Waals surface area contributed by atoms with E-state index in [2.05, 4.69) is 19.1 Å². The molecule has 3 atom stereocenters. The first-order valence-electron chi connectivity index (χ1n) is 9.37. The second-order valence-corrected chi connectivity index (χ2v) is 8.45. The molecular weight excluding hydrogens is 346 g/mol. The predicted molar refractivity (Wildman–Crippen MR) is 102 cm³/mol. The van der Waals surface area contributed by atoms with Gasteiger partial charge in [0.15, 0.2) is 5.76 Å². The number of thioether (sulfide) groups is 1. The summed E-state index contributed by atoms with van der Waals surface area (Å²) in [7, 11) is 0. The summed E-state index contributed by atoms with van der Waals surface area (Å²) in [5, 5.41) is 9.93. The Morgan fingerprint density at radius 2 is 2.08 bits per heavy atom. The van der Waals surface area contributed by atoms with E-state index in [0.29, 0.717) is 11.5 Å². The molecular formula is C21H25NO3S. The molecule has 0 saturated carbocycles. The van der Waals surface area contributed by atoms with Crippen molar-refractivity contribution >= 4 is 17.7 Å². The monoisotopic (exact) mass is 371 g/mol. The van der Waals surface area contributed by atoms with Gasteiger partial charge in [-0.1, -0.05) is 25.1 Å². The van der Waals surface area contributed by atoms with Crippen molar-refractivity contribution in [1.29, 1.82) is 0 Å². The van der Waals surface area contributed by atoms with Crippen molar-refractivity contribution in [3.8, 4) is 0 Å². The van der Waals surface area contributed by atoms with E-state index in [-0.39, 0.29) is 30.0 Å². The Morgan fingerprint density at radius 3 is 2.77 bits per heavy atom. The minimum Gasteiger partial charge on any atom is -0.455 e. The number of furan rings is 1. The molecule has 0 unspecified atom stereocenters. The Hall–Kier alpha value is -1.72. The van der Waals surface area contributed by atoms with Gasteiger partial charge in [-0.05, 0) is 49.9 Å². The molecule has 1 aromatic heterocycles. The van der Waals surface area contributed by atoms with Gasteiger partial charge in [-0.25, -0.2) is 0 Å². The minimum absolute atomic E-state index is 0.0164. The first-order chi connectivity index (χ1) is 12.7. The van der Waals surface area contributed by atoms with Crippen LogP contribution in [0, 0.1) is 5.41 Å². The van der Waals surface area contributed by atoms with Crippen molar-refractivity contribution in [2.75, 3.05) is 6.61 Å². The molecule has 2 aromatic rings. The van der Waals surface area contributed by atoms with E-state index >= 15 is 0 Å². The summed E-state index contributed by atoms with van der Waals surface area (Å²) in [6.07, 6.45) is 3.84. The van der Waals surface area contributed by atoms with Gasteiger partial charge in [-0.15, -0.1) is 11.8 Å². The number of nitrogens with zero attached hydrogens (tertiary/aromatic N) is 1. The lowest BCUT2D eigenvalue weighted by Crippen LogP contribution is -2.42. The highest BCUT2D eigenvalue weighted by Crippen LogP contribution is 2.51. The molecule has 1 amide bonds. The van der Waals surface area contributed by atoms with Gasteiger partial charge >= 0.3 is 0 Å². The molecule has 2 aliphatic heterocycles. The molecule has 3 heterocycles. The molecule has 4 rings (SSSR count). The summed E-state index contributed by atoms with van der Waals surface area (Å²) in [6.45, 7) is 2.27. The fourth-order valence-electron chi connectivity index (χ4n) is 4.63. The van der Waals surface area contributed by atoms with Gasteiger partial charge in [0.05, 0.1) is 12.4 Å². The number of aliphatic hydroxyl groups is 1. The average molecular weight is 372 g/mol. The van der Waals surface area contributed by atoms with Crippen LogP contribution < -0.4 is 0 Å². The van der Waals surface area contributed by atoms with E-state index in [1.807, 2.05) is 29.2 Å². The molecule has 138 valence electrons. The summed E-state index contributed by atoms with van der Waals surface area (Å²) in [6, 6.07) is 14.3. The zero-order chi connectivity index (χ0) is 18.1. The maximum atomic E-state index is 13.1. The van der Waals surface area contributed by atoms with Crippen molar-refractivity contribution in [3.63, 3.8) is 0 Å². The Kier molecular flexibility index (Phi) is 4.84. The fourth-order valence-corrected chi connectivity index (χ4v) is 5.44. The number of rotatable bonds is 6. The Balaban J connectivity index is 1.45. The summed E-state index contributed by atoms with van der Waals surface area (Å²) in [5.74, 6) is 1.94. The summed E-state index contributed by atoms with van der Waals surface area (Å²) < 4.78 is 5.86. The third kappa shape index (κ3) is 2.97. The van der Waals surface area contributed by atoms with E-state index in [1.165, 1.54) is 4.90 Å². The van der Waals surface area contributed by atoms with Gasteiger partial charge in [0.2, 0.25) is 0 Å². The number of benzene rings is 1. The van der Waals surface area contributed by atoms with Crippen molar-refractivity contribution < 1.29 is 14.3 Å². The predicted octanol–water partition coefficient (Wildman–Crippen LogP) is 4.34. The van der Waals surface area contributed by atoms with Gasteiger partial charge < -0.3 is 14.4 Å². The molecule has 0 spiro atoms. The van der Waals surface area contributed by atoms with Crippen molar-refractivity contribution in [3.05, 3.63) is 54.0 Å². The van der Waals surface area contributed by atoms with Gasteiger partial charge in [0.25, 0.3) is 5.91 Å². The van der Waals surface area contributed by atoms with E-state index < -0.39 is 0 Å². The zero-order valence-corrected chi connectivity index (χ0v) is 15.9. The number of fused-ring (bicyclic) bond motifs is 2. The largest absolute Gasteiger partial charge is 0.455 e. The topological polar surface area (TPSA) is 53.7 Å². The second kappa shape index (κ2) is 7.12. The molecule has 2 bridgehead atoms. The average Bonchev–Trinajstić information content (AvgIpc) is 3.40. The van der Waals surface area contributed by atoms with Crippen LogP contribution in [0.3, 0.4) is 0 Å². The number of carbonyl (C=O) groups is 1. The van der Waals surface area contributed by atoms with Crippen LogP contribution in [0.2, 0.25) is 0 Å². The molecule has 4 nitrogen and oxygen atoms in total. The molecule has 5 heteroatoms. The molecule has 26 heavy (non-hydrogen) atoms. The second-order valence-electron chi connectivity index (χ2n) is 7.41. The van der Waals surface area contributed by atoms with E-state index in [1.54, 1.807) is 17.8 Å². The molecule has 0 aliphatic carbocycles. The smallest absolute Gasteiger partial charge is 0.290 e. The highest BCUT2D eigenvalue weighted by Gasteiger charge is 2.56.